The zero-order valence-corrected chi connectivity index (χ0v) is 12.7. The molecule has 0 amide bonds. The van der Waals surface area contributed by atoms with Gasteiger partial charge in [0.25, 0.3) is 0 Å². The fraction of sp³-hybridized carbons (Fsp3) is 0.600. The van der Waals surface area contributed by atoms with Crippen LogP contribution in [0.1, 0.15) is 44.3 Å². The summed E-state index contributed by atoms with van der Waals surface area (Å²) in [6.07, 6.45) is 3.72. The highest BCUT2D eigenvalue weighted by atomic mass is 35.5. The Kier molecular flexibility index (Phi) is 5.52. The zero-order chi connectivity index (χ0) is 13.8. The van der Waals surface area contributed by atoms with Gasteiger partial charge >= 0.3 is 0 Å². The molecule has 0 aromatic heterocycles. The summed E-state index contributed by atoms with van der Waals surface area (Å²) in [7, 11) is 0. The quantitative estimate of drug-likeness (QED) is 0.874. The Morgan fingerprint density at radius 2 is 2.21 bits per heavy atom. The third kappa shape index (κ3) is 3.85. The number of hydrogen-bond donors (Lipinski definition) is 2. The van der Waals surface area contributed by atoms with E-state index in [9.17, 15) is 5.11 Å². The summed E-state index contributed by atoms with van der Waals surface area (Å²) in [6.45, 7) is 3.27. The van der Waals surface area contributed by atoms with E-state index in [1.54, 1.807) is 6.07 Å². The van der Waals surface area contributed by atoms with Crippen molar-refractivity contribution >= 4 is 23.2 Å². The first kappa shape index (κ1) is 15.1. The van der Waals surface area contributed by atoms with Crippen LogP contribution in [0.5, 0.6) is 0 Å². The number of nitrogens with one attached hydrogen (secondary N) is 1. The maximum Gasteiger partial charge on any atom is 0.0819 e. The fourth-order valence-electron chi connectivity index (χ4n) is 2.82. The van der Waals surface area contributed by atoms with Gasteiger partial charge in [0.15, 0.2) is 0 Å². The number of rotatable bonds is 4. The molecule has 0 spiro atoms. The maximum atomic E-state index is 10.4. The first-order valence-electron chi connectivity index (χ1n) is 6.97. The predicted molar refractivity (Wildman–Crippen MR) is 80.8 cm³/mol. The van der Waals surface area contributed by atoms with Gasteiger partial charge in [-0.25, -0.2) is 0 Å². The number of piperidine rings is 1. The Bertz CT molecular complexity index is 425. The number of aliphatic hydroxyl groups excluding tert-OH is 1. The lowest BCUT2D eigenvalue weighted by atomic mass is 9.87. The van der Waals surface area contributed by atoms with Crippen LogP contribution in [0.25, 0.3) is 0 Å². The molecule has 3 atom stereocenters. The van der Waals surface area contributed by atoms with Crippen molar-refractivity contribution in [2.45, 2.75) is 44.8 Å². The van der Waals surface area contributed by atoms with Crippen LogP contribution in [0.15, 0.2) is 18.2 Å². The van der Waals surface area contributed by atoms with E-state index in [-0.39, 0.29) is 0 Å². The van der Waals surface area contributed by atoms with Gasteiger partial charge in [-0.05, 0) is 37.8 Å². The molecular weight excluding hydrogens is 281 g/mol. The molecule has 0 aliphatic carbocycles. The highest BCUT2D eigenvalue weighted by Crippen LogP contribution is 2.33. The van der Waals surface area contributed by atoms with Crippen LogP contribution in [0.3, 0.4) is 0 Å². The smallest absolute Gasteiger partial charge is 0.0819 e. The molecule has 1 aliphatic heterocycles. The standard InChI is InChI=1S/C15H21Cl2NO/c1-2-10-6-7-18-11(8-10)9-14(19)12-4-3-5-13(16)15(12)17/h3-5,10-11,14,18-19H,2,6-9H2,1H3. The number of benzene rings is 1. The molecule has 19 heavy (non-hydrogen) atoms. The summed E-state index contributed by atoms with van der Waals surface area (Å²) in [5, 5.41) is 14.8. The van der Waals surface area contributed by atoms with Crippen molar-refractivity contribution in [1.29, 1.82) is 0 Å². The van der Waals surface area contributed by atoms with Crippen LogP contribution >= 0.6 is 23.2 Å². The van der Waals surface area contributed by atoms with Crippen molar-refractivity contribution in [2.24, 2.45) is 5.92 Å². The monoisotopic (exact) mass is 301 g/mol. The lowest BCUT2D eigenvalue weighted by Crippen LogP contribution is -2.38. The Balaban J connectivity index is 2.00. The van der Waals surface area contributed by atoms with Gasteiger partial charge < -0.3 is 10.4 Å². The van der Waals surface area contributed by atoms with Gasteiger partial charge in [-0.3, -0.25) is 0 Å². The summed E-state index contributed by atoms with van der Waals surface area (Å²) in [5.74, 6) is 0.772. The summed E-state index contributed by atoms with van der Waals surface area (Å²) in [6, 6.07) is 5.78. The highest BCUT2D eigenvalue weighted by molar-refractivity contribution is 6.42. The van der Waals surface area contributed by atoms with Gasteiger partial charge in [0, 0.05) is 11.6 Å². The van der Waals surface area contributed by atoms with E-state index >= 15 is 0 Å². The SMILES string of the molecule is CCC1CCNC(CC(O)c2cccc(Cl)c2Cl)C1. The minimum Gasteiger partial charge on any atom is -0.388 e. The van der Waals surface area contributed by atoms with Crippen LogP contribution in [-0.2, 0) is 0 Å². The molecule has 4 heteroatoms. The van der Waals surface area contributed by atoms with E-state index in [2.05, 4.69) is 12.2 Å². The van der Waals surface area contributed by atoms with Crippen LogP contribution in [-0.4, -0.2) is 17.7 Å². The van der Waals surface area contributed by atoms with Crippen molar-refractivity contribution in [1.82, 2.24) is 5.32 Å². The van der Waals surface area contributed by atoms with Crippen molar-refractivity contribution in [2.75, 3.05) is 6.54 Å². The second kappa shape index (κ2) is 6.94. The van der Waals surface area contributed by atoms with Crippen molar-refractivity contribution in [3.05, 3.63) is 33.8 Å². The molecule has 3 unspecified atom stereocenters. The zero-order valence-electron chi connectivity index (χ0n) is 11.2. The second-order valence-corrected chi connectivity index (χ2v) is 6.13. The van der Waals surface area contributed by atoms with Crippen LogP contribution in [0.2, 0.25) is 10.0 Å². The molecule has 1 heterocycles. The molecule has 2 rings (SSSR count). The van der Waals surface area contributed by atoms with Crippen molar-refractivity contribution < 1.29 is 5.11 Å². The molecule has 0 bridgehead atoms. The first-order chi connectivity index (χ1) is 9.11. The van der Waals surface area contributed by atoms with E-state index in [4.69, 9.17) is 23.2 Å². The Morgan fingerprint density at radius 1 is 1.42 bits per heavy atom. The highest BCUT2D eigenvalue weighted by Gasteiger charge is 2.24. The van der Waals surface area contributed by atoms with Crippen LogP contribution in [0, 0.1) is 5.92 Å². The fourth-order valence-corrected chi connectivity index (χ4v) is 3.25. The largest absolute Gasteiger partial charge is 0.388 e. The Hall–Kier alpha value is -0.280. The summed E-state index contributed by atoms with van der Waals surface area (Å²) >= 11 is 12.1. The molecule has 1 aromatic rings. The van der Waals surface area contributed by atoms with E-state index in [1.165, 1.54) is 12.8 Å². The van der Waals surface area contributed by atoms with Crippen LogP contribution < -0.4 is 5.32 Å². The second-order valence-electron chi connectivity index (χ2n) is 5.34. The van der Waals surface area contributed by atoms with E-state index in [0.29, 0.717) is 22.5 Å². The average Bonchev–Trinajstić information content (AvgIpc) is 2.42. The Labute approximate surface area is 125 Å². The minimum absolute atomic E-state index is 0.365. The van der Waals surface area contributed by atoms with Gasteiger partial charge in [-0.2, -0.15) is 0 Å². The molecule has 2 nitrogen and oxygen atoms in total. The minimum atomic E-state index is -0.556. The summed E-state index contributed by atoms with van der Waals surface area (Å²) in [5.41, 5.74) is 0.731. The number of aliphatic hydroxyl groups is 1. The molecule has 0 saturated carbocycles. The van der Waals surface area contributed by atoms with Gasteiger partial charge in [-0.15, -0.1) is 0 Å². The average molecular weight is 302 g/mol. The van der Waals surface area contributed by atoms with Gasteiger partial charge in [0.1, 0.15) is 0 Å². The van der Waals surface area contributed by atoms with Crippen LogP contribution in [0.4, 0.5) is 0 Å². The predicted octanol–water partition coefficient (Wildman–Crippen LogP) is 4.20. The third-order valence-corrected chi connectivity index (χ3v) is 4.86. The lowest BCUT2D eigenvalue weighted by Gasteiger charge is -2.31. The third-order valence-electron chi connectivity index (χ3n) is 4.03. The molecule has 1 aliphatic rings. The van der Waals surface area contributed by atoms with E-state index in [1.807, 2.05) is 12.1 Å². The number of hydrogen-bond acceptors (Lipinski definition) is 2. The maximum absolute atomic E-state index is 10.4. The summed E-state index contributed by atoms with van der Waals surface area (Å²) < 4.78 is 0. The molecule has 1 aromatic carbocycles. The van der Waals surface area contributed by atoms with E-state index < -0.39 is 6.10 Å². The van der Waals surface area contributed by atoms with Gasteiger partial charge in [-0.1, -0.05) is 48.7 Å². The molecule has 2 N–H and O–H groups in total. The number of halogens is 2. The molecule has 0 radical (unpaired) electrons. The molecule has 1 fully saturated rings. The molecular formula is C15H21Cl2NO. The lowest BCUT2D eigenvalue weighted by molar-refractivity contribution is 0.136. The molecule has 106 valence electrons. The summed E-state index contributed by atoms with van der Waals surface area (Å²) in [4.78, 5) is 0. The Morgan fingerprint density at radius 3 is 2.95 bits per heavy atom. The van der Waals surface area contributed by atoms with Gasteiger partial charge in [0.05, 0.1) is 16.1 Å². The van der Waals surface area contributed by atoms with Gasteiger partial charge in [0.2, 0.25) is 0 Å². The van der Waals surface area contributed by atoms with E-state index in [0.717, 1.165) is 24.4 Å². The topological polar surface area (TPSA) is 32.3 Å². The normalized spacial score (nSPS) is 25.3. The first-order valence-corrected chi connectivity index (χ1v) is 7.72. The van der Waals surface area contributed by atoms with Crippen molar-refractivity contribution in [3.8, 4) is 0 Å². The van der Waals surface area contributed by atoms with Crippen molar-refractivity contribution in [3.63, 3.8) is 0 Å². The molecule has 1 saturated heterocycles.